The van der Waals surface area contributed by atoms with Crippen LogP contribution >= 0.6 is 12.6 Å². The molecule has 0 aromatic heterocycles. The molecule has 0 radical (unpaired) electrons. The number of nitriles is 1. The summed E-state index contributed by atoms with van der Waals surface area (Å²) in [6, 6.07) is 53.1. The van der Waals surface area contributed by atoms with E-state index in [1.165, 1.54) is 21.2 Å². The van der Waals surface area contributed by atoms with Crippen molar-refractivity contribution in [3.05, 3.63) is 151 Å². The molecule has 0 N–H and O–H groups in total. The van der Waals surface area contributed by atoms with Gasteiger partial charge in [-0.25, -0.2) is 0 Å². The SMILES string of the molecule is N#Cc1ccc(N=P(CP(=[Se])(c2ccccc2)c2ccccc2)(c2ccccc2)c2ccccc2)cc1. The Labute approximate surface area is 226 Å². The van der Waals surface area contributed by atoms with Crippen LogP contribution in [0.5, 0.6) is 0 Å². The maximum atomic E-state index is 9.35. The Morgan fingerprint density at radius 3 is 1.30 bits per heavy atom. The van der Waals surface area contributed by atoms with E-state index >= 15 is 0 Å². The van der Waals surface area contributed by atoms with Gasteiger partial charge in [-0.3, -0.25) is 0 Å². The Bertz CT molecular complexity index is 1520. The Hall–Kier alpha value is -3.23. The summed E-state index contributed by atoms with van der Waals surface area (Å²) in [5.74, 6) is 0.877. The Kier molecular flexibility index (Phi) is 7.86. The van der Waals surface area contributed by atoms with Crippen LogP contribution in [0, 0.1) is 11.3 Å². The van der Waals surface area contributed by atoms with E-state index < -0.39 is 12.6 Å². The van der Waals surface area contributed by atoms with Gasteiger partial charge in [0, 0.05) is 0 Å². The van der Waals surface area contributed by atoms with Crippen LogP contribution < -0.4 is 21.2 Å². The average Bonchev–Trinajstić information content (AvgIpc) is 2.99. The van der Waals surface area contributed by atoms with Crippen LogP contribution in [0.2, 0.25) is 0 Å². The van der Waals surface area contributed by atoms with Crippen molar-refractivity contribution in [2.45, 2.75) is 0 Å². The van der Waals surface area contributed by atoms with Crippen molar-refractivity contribution in [3.8, 4) is 6.07 Å². The number of rotatable bonds is 7. The van der Waals surface area contributed by atoms with Gasteiger partial charge in [0.05, 0.1) is 0 Å². The molecule has 5 rings (SSSR count). The van der Waals surface area contributed by atoms with E-state index in [1.807, 2.05) is 24.3 Å². The normalized spacial score (nSPS) is 11.4. The van der Waals surface area contributed by atoms with Gasteiger partial charge in [0.2, 0.25) is 0 Å². The van der Waals surface area contributed by atoms with Crippen molar-refractivity contribution >= 4 is 54.6 Å². The minimum atomic E-state index is -2.34. The van der Waals surface area contributed by atoms with E-state index in [0.717, 1.165) is 11.6 Å². The summed E-state index contributed by atoms with van der Waals surface area (Å²) in [4.78, 5) is 0. The third-order valence-corrected chi connectivity index (χ3v) is 19.6. The van der Waals surface area contributed by atoms with Gasteiger partial charge in [-0.2, -0.15) is 0 Å². The van der Waals surface area contributed by atoms with Crippen LogP contribution in [-0.4, -0.2) is 21.0 Å². The molecule has 37 heavy (non-hydrogen) atoms. The zero-order valence-corrected chi connectivity index (χ0v) is 23.8. The van der Waals surface area contributed by atoms with E-state index in [2.05, 4.69) is 142 Å². The molecule has 180 valence electrons. The molecule has 0 unspecified atom stereocenters. The third-order valence-electron chi connectivity index (χ3n) is 6.40. The third kappa shape index (κ3) is 5.40. The van der Waals surface area contributed by atoms with Gasteiger partial charge in [-0.05, 0) is 0 Å². The van der Waals surface area contributed by atoms with Gasteiger partial charge in [0.25, 0.3) is 0 Å². The molecule has 0 aliphatic heterocycles. The average molecular weight is 579 g/mol. The molecule has 2 nitrogen and oxygen atoms in total. The van der Waals surface area contributed by atoms with Crippen LogP contribution in [0.4, 0.5) is 5.69 Å². The molecule has 5 heteroatoms. The van der Waals surface area contributed by atoms with E-state index in [9.17, 15) is 5.26 Å². The summed E-state index contributed by atoms with van der Waals surface area (Å²) in [5, 5.41) is 14.5. The Morgan fingerprint density at radius 2 is 0.919 bits per heavy atom. The number of hydrogen-bond acceptors (Lipinski definition) is 2. The van der Waals surface area contributed by atoms with E-state index in [1.54, 1.807) is 0 Å². The van der Waals surface area contributed by atoms with Crippen molar-refractivity contribution in [1.82, 2.24) is 0 Å². The summed E-state index contributed by atoms with van der Waals surface area (Å²) >= 11 is 3.76. The zero-order valence-electron chi connectivity index (χ0n) is 20.3. The molecule has 0 amide bonds. The van der Waals surface area contributed by atoms with Gasteiger partial charge in [-0.1, -0.05) is 0 Å². The zero-order chi connectivity index (χ0) is 25.6. The standard InChI is InChI=1S/C32H26N2P2Se/c33-25-27-21-23-28(24-22-27)34-35(29-13-5-1-6-14-29,30-15-7-2-8-16-30)26-36(37,31-17-9-3-10-18-31)32-19-11-4-12-20-32/h1-24H,26H2. The minimum absolute atomic E-state index is 0.640. The van der Waals surface area contributed by atoms with Crippen molar-refractivity contribution in [3.63, 3.8) is 0 Å². The quantitative estimate of drug-likeness (QED) is 0.155. The van der Waals surface area contributed by atoms with Gasteiger partial charge in [0.1, 0.15) is 0 Å². The predicted octanol–water partition coefficient (Wildman–Crippen LogP) is 6.75. The maximum absolute atomic E-state index is 9.35. The van der Waals surface area contributed by atoms with Gasteiger partial charge in [-0.15, -0.1) is 0 Å². The van der Waals surface area contributed by atoms with Gasteiger partial charge in [0.15, 0.2) is 0 Å². The first-order valence-electron chi connectivity index (χ1n) is 12.1. The van der Waals surface area contributed by atoms with Gasteiger partial charge >= 0.3 is 228 Å². The monoisotopic (exact) mass is 580 g/mol. The molecule has 0 atom stereocenters. The fraction of sp³-hybridized carbons (Fsp3) is 0.0312. The number of hydrogen-bond donors (Lipinski definition) is 0. The molecular formula is C32H26N2P2Se. The topological polar surface area (TPSA) is 36.1 Å². The van der Waals surface area contributed by atoms with Crippen LogP contribution in [0.25, 0.3) is 0 Å². The molecule has 0 heterocycles. The summed E-state index contributed by atoms with van der Waals surface area (Å²) in [6.45, 7) is 0. The van der Waals surface area contributed by atoms with Crippen LogP contribution in [0.3, 0.4) is 0 Å². The molecule has 0 aliphatic carbocycles. The van der Waals surface area contributed by atoms with Crippen LogP contribution in [0.1, 0.15) is 5.56 Å². The molecule has 5 aromatic rings. The number of nitrogens with zero attached hydrogens (tertiary/aromatic N) is 2. The first-order valence-corrected chi connectivity index (χ1v) is 18.2. The van der Waals surface area contributed by atoms with Crippen molar-refractivity contribution in [2.75, 3.05) is 5.90 Å². The molecule has 0 spiro atoms. The Balaban J connectivity index is 1.85. The second-order valence-corrected chi connectivity index (χ2v) is 19.1. The molecule has 0 fully saturated rings. The van der Waals surface area contributed by atoms with Crippen molar-refractivity contribution in [1.29, 1.82) is 5.26 Å². The summed E-state index contributed by atoms with van der Waals surface area (Å²) in [6.07, 6.45) is 0. The fourth-order valence-electron chi connectivity index (χ4n) is 4.55. The molecule has 5 aromatic carbocycles. The summed E-state index contributed by atoms with van der Waals surface area (Å²) < 4.78 is 5.65. The predicted molar refractivity (Wildman–Crippen MR) is 162 cm³/mol. The van der Waals surface area contributed by atoms with Crippen LogP contribution in [-0.2, 0) is 0 Å². The summed E-state index contributed by atoms with van der Waals surface area (Å²) in [5.41, 5.74) is -0.464. The first-order chi connectivity index (χ1) is 18.1. The van der Waals surface area contributed by atoms with Crippen LogP contribution in [0.15, 0.2) is 150 Å². The van der Waals surface area contributed by atoms with E-state index in [4.69, 9.17) is 4.74 Å². The molecule has 0 saturated carbocycles. The Morgan fingerprint density at radius 1 is 0.541 bits per heavy atom. The van der Waals surface area contributed by atoms with E-state index in [0.29, 0.717) is 5.56 Å². The van der Waals surface area contributed by atoms with E-state index in [-0.39, 0.29) is 0 Å². The fourth-order valence-corrected chi connectivity index (χ4v) is 18.4. The molecule has 0 aliphatic rings. The first kappa shape index (κ1) is 25.4. The molecule has 0 saturated heterocycles. The van der Waals surface area contributed by atoms with Gasteiger partial charge < -0.3 is 0 Å². The van der Waals surface area contributed by atoms with Crippen molar-refractivity contribution in [2.24, 2.45) is 4.74 Å². The second kappa shape index (κ2) is 11.4. The molecular weight excluding hydrogens is 553 g/mol. The van der Waals surface area contributed by atoms with Crippen molar-refractivity contribution < 1.29 is 0 Å². The molecule has 0 bridgehead atoms. The number of benzene rings is 5. The summed E-state index contributed by atoms with van der Waals surface area (Å²) in [7, 11) is -2.34. The second-order valence-electron chi connectivity index (χ2n) is 8.75.